The molecule has 1 aliphatic rings. The third kappa shape index (κ3) is 7.79. The van der Waals surface area contributed by atoms with Crippen molar-refractivity contribution in [3.63, 3.8) is 0 Å². The van der Waals surface area contributed by atoms with E-state index < -0.39 is 18.1 Å². The number of alkyl halides is 2. The Balaban J connectivity index is 1.74. The number of nitrogens with zero attached hydrogens (tertiary/aromatic N) is 2. The highest BCUT2D eigenvalue weighted by atomic mass is 35.5. The molecule has 1 aromatic heterocycles. The number of nitrogens with one attached hydrogen (secondary N) is 1. The van der Waals surface area contributed by atoms with E-state index in [1.165, 1.54) is 19.2 Å². The minimum atomic E-state index is -2.93. The highest BCUT2D eigenvalue weighted by Gasteiger charge is 2.28. The first-order valence-corrected chi connectivity index (χ1v) is 14.2. The lowest BCUT2D eigenvalue weighted by Crippen LogP contribution is -2.32. The van der Waals surface area contributed by atoms with E-state index in [-0.39, 0.29) is 40.9 Å². The highest BCUT2D eigenvalue weighted by molar-refractivity contribution is 6.43. The molecule has 2 atom stereocenters. The van der Waals surface area contributed by atoms with Crippen molar-refractivity contribution in [1.29, 1.82) is 0 Å². The highest BCUT2D eigenvalue weighted by Crippen LogP contribution is 2.37. The Bertz CT molecular complexity index is 1590. The summed E-state index contributed by atoms with van der Waals surface area (Å²) in [7, 11) is 1.37. The molecule has 0 spiro atoms. The number of anilines is 1. The minimum Gasteiger partial charge on any atom is -0.495 e. The molecule has 1 amide bonds. The van der Waals surface area contributed by atoms with Crippen LogP contribution in [0.2, 0.25) is 10.0 Å². The van der Waals surface area contributed by atoms with E-state index in [4.69, 9.17) is 38.7 Å². The Labute approximate surface area is 259 Å². The molecule has 0 radical (unpaired) electrons. The predicted octanol–water partition coefficient (Wildman–Crippen LogP) is 7.16. The van der Waals surface area contributed by atoms with Gasteiger partial charge in [0.1, 0.15) is 5.75 Å². The summed E-state index contributed by atoms with van der Waals surface area (Å²) < 4.78 is 30.7. The van der Waals surface area contributed by atoms with Crippen LogP contribution < -0.4 is 15.8 Å². The maximum absolute atomic E-state index is 13.4. The van der Waals surface area contributed by atoms with Crippen LogP contribution in [0.3, 0.4) is 0 Å². The summed E-state index contributed by atoms with van der Waals surface area (Å²) >= 11 is 12.9. The molecule has 0 aliphatic heterocycles. The molecule has 2 aromatic carbocycles. The van der Waals surface area contributed by atoms with Gasteiger partial charge in [-0.3, -0.25) is 9.78 Å². The van der Waals surface area contributed by atoms with Crippen LogP contribution in [0.4, 0.5) is 14.5 Å². The standard InChI is InChI=1S/C32H32Cl2F2N4O3/c1-32(2,42)21-14-25(22-10-7-11-24(33)28(22)34)40-26(15-21)23(18-8-5-4-6-9-18)17-38-30(41)19-12-20(16-39-31(35)36)29(37)27(13-19)43-3/h4-8,10-16,18,23,31,42H,9,17,37H2,1-3H3,(H,38,41)/b39-16+. The fourth-order valence-electron chi connectivity index (χ4n) is 4.80. The van der Waals surface area contributed by atoms with Gasteiger partial charge in [0.05, 0.1) is 34.1 Å². The van der Waals surface area contributed by atoms with Crippen molar-refractivity contribution in [1.82, 2.24) is 10.3 Å². The van der Waals surface area contributed by atoms with E-state index >= 15 is 0 Å². The lowest BCUT2D eigenvalue weighted by atomic mass is 9.82. The summed E-state index contributed by atoms with van der Waals surface area (Å²) in [5.74, 6) is -0.670. The summed E-state index contributed by atoms with van der Waals surface area (Å²) in [6, 6.07) is 11.7. The van der Waals surface area contributed by atoms with Crippen molar-refractivity contribution in [2.75, 3.05) is 19.4 Å². The van der Waals surface area contributed by atoms with Crippen LogP contribution in [-0.4, -0.2) is 42.4 Å². The van der Waals surface area contributed by atoms with Gasteiger partial charge in [-0.1, -0.05) is 59.6 Å². The molecule has 43 heavy (non-hydrogen) atoms. The molecular formula is C32H32Cl2F2N4O3. The molecule has 226 valence electrons. The number of aliphatic imine (C=N–C) groups is 1. The second kappa shape index (κ2) is 13.7. The van der Waals surface area contributed by atoms with Crippen LogP contribution in [-0.2, 0) is 5.60 Å². The van der Waals surface area contributed by atoms with Crippen LogP contribution in [0.15, 0.2) is 71.8 Å². The van der Waals surface area contributed by atoms with Gasteiger partial charge in [-0.2, -0.15) is 8.78 Å². The summed E-state index contributed by atoms with van der Waals surface area (Å²) in [6.07, 6.45) is 9.59. The molecule has 1 aliphatic carbocycles. The molecule has 1 heterocycles. The number of benzene rings is 2. The molecule has 7 nitrogen and oxygen atoms in total. The average molecular weight is 630 g/mol. The molecular weight excluding hydrogens is 597 g/mol. The number of rotatable bonds is 10. The number of allylic oxidation sites excluding steroid dienone is 4. The number of aromatic nitrogens is 1. The number of nitrogen functional groups attached to an aromatic ring is 1. The van der Waals surface area contributed by atoms with Gasteiger partial charge in [0, 0.05) is 41.1 Å². The Morgan fingerprint density at radius 3 is 2.67 bits per heavy atom. The van der Waals surface area contributed by atoms with Crippen LogP contribution >= 0.6 is 23.2 Å². The lowest BCUT2D eigenvalue weighted by Gasteiger charge is -2.28. The van der Waals surface area contributed by atoms with Crippen LogP contribution in [0.25, 0.3) is 11.3 Å². The minimum absolute atomic E-state index is 0.0350. The van der Waals surface area contributed by atoms with Gasteiger partial charge in [-0.15, -0.1) is 0 Å². The smallest absolute Gasteiger partial charge is 0.331 e. The number of nitrogens with two attached hydrogens (primary N) is 1. The maximum Gasteiger partial charge on any atom is 0.331 e. The van der Waals surface area contributed by atoms with Crippen LogP contribution in [0.1, 0.15) is 53.4 Å². The predicted molar refractivity (Wildman–Crippen MR) is 167 cm³/mol. The first-order chi connectivity index (χ1) is 20.4. The Hall–Kier alpha value is -3.79. The van der Waals surface area contributed by atoms with E-state index in [2.05, 4.69) is 10.3 Å². The summed E-state index contributed by atoms with van der Waals surface area (Å²) in [4.78, 5) is 21.4. The third-order valence-corrected chi connectivity index (χ3v) is 7.97. The maximum atomic E-state index is 13.4. The molecule has 0 saturated carbocycles. The third-order valence-electron chi connectivity index (χ3n) is 7.15. The normalized spacial score (nSPS) is 15.7. The zero-order chi connectivity index (χ0) is 31.3. The number of pyridine rings is 1. The molecule has 0 fully saturated rings. The number of methoxy groups -OCH3 is 1. The van der Waals surface area contributed by atoms with Gasteiger partial charge in [0.2, 0.25) is 0 Å². The molecule has 0 saturated heterocycles. The first-order valence-electron chi connectivity index (χ1n) is 13.5. The van der Waals surface area contributed by atoms with E-state index in [0.29, 0.717) is 39.0 Å². The lowest BCUT2D eigenvalue weighted by molar-refractivity contribution is 0.0783. The monoisotopic (exact) mass is 628 g/mol. The largest absolute Gasteiger partial charge is 0.495 e. The van der Waals surface area contributed by atoms with Gasteiger partial charge >= 0.3 is 6.55 Å². The number of carbonyl (C=O) groups excluding carboxylic acids is 1. The average Bonchev–Trinajstić information content (AvgIpc) is 2.98. The second-order valence-corrected chi connectivity index (χ2v) is 11.4. The molecule has 3 aromatic rings. The number of hydrogen-bond acceptors (Lipinski definition) is 6. The van der Waals surface area contributed by atoms with Crippen LogP contribution in [0.5, 0.6) is 5.75 Å². The van der Waals surface area contributed by atoms with Crippen molar-refractivity contribution in [2.24, 2.45) is 10.9 Å². The zero-order valence-corrected chi connectivity index (χ0v) is 25.3. The summed E-state index contributed by atoms with van der Waals surface area (Å²) in [5, 5.41) is 14.7. The molecule has 2 unspecified atom stereocenters. The number of halogens is 4. The van der Waals surface area contributed by atoms with Gasteiger partial charge < -0.3 is 20.9 Å². The van der Waals surface area contributed by atoms with Gasteiger partial charge in [-0.05, 0) is 62.1 Å². The number of aliphatic hydroxyl groups is 1. The van der Waals surface area contributed by atoms with Crippen molar-refractivity contribution >= 4 is 41.0 Å². The molecule has 4 N–H and O–H groups in total. The SMILES string of the molecule is COc1cc(C(=O)NCC(c2cc(C(C)(C)O)cc(-c3cccc(Cl)c3Cl)n2)C2C=CC=CC2)cc(/C=N/C(F)F)c1N. The van der Waals surface area contributed by atoms with Crippen molar-refractivity contribution in [3.8, 4) is 17.0 Å². The summed E-state index contributed by atoms with van der Waals surface area (Å²) in [6.45, 7) is 0.595. The number of carbonyl (C=O) groups is 1. The van der Waals surface area contributed by atoms with E-state index in [1.807, 2.05) is 30.4 Å². The van der Waals surface area contributed by atoms with Gasteiger partial charge in [-0.25, -0.2) is 4.99 Å². The number of hydrogen-bond donors (Lipinski definition) is 3. The Kier molecular flexibility index (Phi) is 10.2. The molecule has 11 heteroatoms. The Morgan fingerprint density at radius 2 is 2.02 bits per heavy atom. The van der Waals surface area contributed by atoms with E-state index in [0.717, 1.165) is 6.21 Å². The fraction of sp³-hybridized carbons (Fsp3) is 0.281. The number of amides is 1. The quantitative estimate of drug-likeness (QED) is 0.125. The topological polar surface area (TPSA) is 110 Å². The van der Waals surface area contributed by atoms with Crippen molar-refractivity contribution in [3.05, 3.63) is 99.2 Å². The fourth-order valence-corrected chi connectivity index (χ4v) is 5.20. The first kappa shape index (κ1) is 32.1. The zero-order valence-electron chi connectivity index (χ0n) is 23.8. The Morgan fingerprint density at radius 1 is 1.26 bits per heavy atom. The molecule has 0 bridgehead atoms. The van der Waals surface area contributed by atoms with E-state index in [9.17, 15) is 18.7 Å². The number of ether oxygens (including phenoxy) is 1. The van der Waals surface area contributed by atoms with Gasteiger partial charge in [0.25, 0.3) is 5.91 Å². The van der Waals surface area contributed by atoms with Crippen molar-refractivity contribution in [2.45, 2.75) is 38.3 Å². The molecule has 4 rings (SSSR count). The van der Waals surface area contributed by atoms with Crippen LogP contribution in [0, 0.1) is 5.92 Å². The second-order valence-electron chi connectivity index (χ2n) is 10.6. The summed E-state index contributed by atoms with van der Waals surface area (Å²) in [5.41, 5.74) is 7.57. The van der Waals surface area contributed by atoms with E-state index in [1.54, 1.807) is 38.1 Å². The van der Waals surface area contributed by atoms with Gasteiger partial charge in [0.15, 0.2) is 0 Å². The van der Waals surface area contributed by atoms with Crippen molar-refractivity contribution < 1.29 is 23.4 Å².